The van der Waals surface area contributed by atoms with E-state index in [0.717, 1.165) is 6.42 Å². The van der Waals surface area contributed by atoms with E-state index in [1.165, 1.54) is 31.4 Å². The van der Waals surface area contributed by atoms with Gasteiger partial charge in [0, 0.05) is 12.3 Å². The van der Waals surface area contributed by atoms with E-state index in [4.69, 9.17) is 16.4 Å². The number of oxime groups is 1. The van der Waals surface area contributed by atoms with Crippen LogP contribution in [-0.4, -0.2) is 17.7 Å². The van der Waals surface area contributed by atoms with Crippen molar-refractivity contribution in [3.8, 4) is 0 Å². The summed E-state index contributed by atoms with van der Waals surface area (Å²) in [6.45, 7) is 0. The lowest BCUT2D eigenvalue weighted by Gasteiger charge is -2.06. The highest BCUT2D eigenvalue weighted by atomic mass is 35.5. The van der Waals surface area contributed by atoms with Crippen molar-refractivity contribution in [2.75, 3.05) is 5.88 Å². The molecule has 2 rings (SSSR count). The summed E-state index contributed by atoms with van der Waals surface area (Å²) in [6, 6.07) is 0. The molecule has 1 saturated carbocycles. The third kappa shape index (κ3) is 1.58. The number of nitrogens with zero attached hydrogens (tertiary/aromatic N) is 1. The smallest absolute Gasteiger partial charge is 0.146 e. The number of hydrogen-bond donors (Lipinski definition) is 0. The van der Waals surface area contributed by atoms with Gasteiger partial charge >= 0.3 is 0 Å². The van der Waals surface area contributed by atoms with E-state index in [1.807, 2.05) is 0 Å². The molecule has 12 heavy (non-hydrogen) atoms. The van der Waals surface area contributed by atoms with Gasteiger partial charge in [-0.25, -0.2) is 0 Å². The Bertz CT molecular complexity index is 187. The average Bonchev–Trinajstić information content (AvgIpc) is 2.75. The molecule has 0 saturated heterocycles. The molecule has 1 aliphatic carbocycles. The fourth-order valence-corrected chi connectivity index (χ4v) is 2.20. The highest BCUT2D eigenvalue weighted by Crippen LogP contribution is 2.30. The normalized spacial score (nSPS) is 30.4. The standard InChI is InChI=1S/C9H14ClNO/c10-6-8-5-9(11-12-8)7-3-1-2-4-7/h7-8H,1-6H2. The zero-order valence-corrected chi connectivity index (χ0v) is 7.89. The second-order valence-electron chi connectivity index (χ2n) is 3.65. The molecule has 0 bridgehead atoms. The molecule has 0 aromatic rings. The zero-order chi connectivity index (χ0) is 8.39. The van der Waals surface area contributed by atoms with E-state index in [1.54, 1.807) is 0 Å². The summed E-state index contributed by atoms with van der Waals surface area (Å²) in [4.78, 5) is 5.18. The number of alkyl halides is 1. The van der Waals surface area contributed by atoms with Gasteiger partial charge in [-0.1, -0.05) is 18.0 Å². The van der Waals surface area contributed by atoms with Crippen LogP contribution in [0.15, 0.2) is 5.16 Å². The van der Waals surface area contributed by atoms with Crippen LogP contribution in [0, 0.1) is 5.92 Å². The highest BCUT2D eigenvalue weighted by molar-refractivity contribution is 6.18. The van der Waals surface area contributed by atoms with Gasteiger partial charge < -0.3 is 4.84 Å². The minimum atomic E-state index is 0.155. The maximum absolute atomic E-state index is 5.68. The number of rotatable bonds is 2. The van der Waals surface area contributed by atoms with Gasteiger partial charge in [-0.05, 0) is 12.8 Å². The Labute approximate surface area is 77.9 Å². The Hall–Kier alpha value is -0.240. The lowest BCUT2D eigenvalue weighted by atomic mass is 9.98. The summed E-state index contributed by atoms with van der Waals surface area (Å²) in [5.41, 5.74) is 1.26. The monoisotopic (exact) mass is 187 g/mol. The highest BCUT2D eigenvalue weighted by Gasteiger charge is 2.28. The minimum Gasteiger partial charge on any atom is -0.391 e. The van der Waals surface area contributed by atoms with Crippen LogP contribution in [0.4, 0.5) is 0 Å². The maximum Gasteiger partial charge on any atom is 0.146 e. The number of hydrogen-bond acceptors (Lipinski definition) is 2. The second kappa shape index (κ2) is 3.65. The summed E-state index contributed by atoms with van der Waals surface area (Å²) < 4.78 is 0. The molecule has 2 aliphatic rings. The van der Waals surface area contributed by atoms with Crippen molar-refractivity contribution in [2.45, 2.75) is 38.2 Å². The Morgan fingerprint density at radius 2 is 2.17 bits per heavy atom. The summed E-state index contributed by atoms with van der Waals surface area (Å²) in [7, 11) is 0. The van der Waals surface area contributed by atoms with Gasteiger partial charge in [-0.3, -0.25) is 0 Å². The van der Waals surface area contributed by atoms with Crippen LogP contribution < -0.4 is 0 Å². The van der Waals surface area contributed by atoms with Crippen molar-refractivity contribution in [1.29, 1.82) is 0 Å². The van der Waals surface area contributed by atoms with Crippen LogP contribution in [0.5, 0.6) is 0 Å². The molecule has 1 aliphatic heterocycles. The molecule has 1 fully saturated rings. The summed E-state index contributed by atoms with van der Waals surface area (Å²) in [5, 5.41) is 4.10. The summed E-state index contributed by atoms with van der Waals surface area (Å²) in [6.07, 6.45) is 6.44. The van der Waals surface area contributed by atoms with Gasteiger partial charge in [0.2, 0.25) is 0 Å². The first-order chi connectivity index (χ1) is 5.90. The van der Waals surface area contributed by atoms with E-state index in [-0.39, 0.29) is 6.10 Å². The zero-order valence-electron chi connectivity index (χ0n) is 7.13. The van der Waals surface area contributed by atoms with E-state index < -0.39 is 0 Å². The van der Waals surface area contributed by atoms with Crippen LogP contribution in [0.3, 0.4) is 0 Å². The van der Waals surface area contributed by atoms with Crippen molar-refractivity contribution in [2.24, 2.45) is 11.1 Å². The Kier molecular flexibility index (Phi) is 2.54. The van der Waals surface area contributed by atoms with Crippen LogP contribution in [0.1, 0.15) is 32.1 Å². The van der Waals surface area contributed by atoms with Gasteiger partial charge in [0.25, 0.3) is 0 Å². The molecule has 1 unspecified atom stereocenters. The van der Waals surface area contributed by atoms with Crippen LogP contribution in [0.2, 0.25) is 0 Å². The van der Waals surface area contributed by atoms with Gasteiger partial charge in [-0.2, -0.15) is 0 Å². The molecule has 0 aromatic carbocycles. The van der Waals surface area contributed by atoms with Crippen molar-refractivity contribution in [3.63, 3.8) is 0 Å². The Morgan fingerprint density at radius 3 is 2.75 bits per heavy atom. The van der Waals surface area contributed by atoms with Crippen molar-refractivity contribution in [1.82, 2.24) is 0 Å². The van der Waals surface area contributed by atoms with E-state index in [9.17, 15) is 0 Å². The largest absolute Gasteiger partial charge is 0.391 e. The fraction of sp³-hybridized carbons (Fsp3) is 0.889. The van der Waals surface area contributed by atoms with Gasteiger partial charge in [0.15, 0.2) is 0 Å². The van der Waals surface area contributed by atoms with Gasteiger partial charge in [-0.15, -0.1) is 11.6 Å². The van der Waals surface area contributed by atoms with Crippen LogP contribution in [-0.2, 0) is 4.84 Å². The van der Waals surface area contributed by atoms with E-state index in [2.05, 4.69) is 5.16 Å². The first-order valence-corrected chi connectivity index (χ1v) is 5.22. The van der Waals surface area contributed by atoms with Crippen LogP contribution in [0.25, 0.3) is 0 Å². The lowest BCUT2D eigenvalue weighted by Crippen LogP contribution is -2.13. The first kappa shape index (κ1) is 8.36. The Balaban J connectivity index is 1.89. The molecule has 68 valence electrons. The summed E-state index contributed by atoms with van der Waals surface area (Å²) >= 11 is 5.68. The maximum atomic E-state index is 5.68. The fourth-order valence-electron chi connectivity index (χ4n) is 2.03. The quantitative estimate of drug-likeness (QED) is 0.609. The molecule has 3 heteroatoms. The lowest BCUT2D eigenvalue weighted by molar-refractivity contribution is 0.102. The molecular weight excluding hydrogens is 174 g/mol. The van der Waals surface area contributed by atoms with Gasteiger partial charge in [0.05, 0.1) is 11.6 Å². The average molecular weight is 188 g/mol. The molecule has 1 heterocycles. The molecule has 0 N–H and O–H groups in total. The van der Waals surface area contributed by atoms with E-state index >= 15 is 0 Å². The minimum absolute atomic E-state index is 0.155. The van der Waals surface area contributed by atoms with Crippen molar-refractivity contribution >= 4 is 17.3 Å². The van der Waals surface area contributed by atoms with Crippen LogP contribution >= 0.6 is 11.6 Å². The predicted molar refractivity (Wildman–Crippen MR) is 49.6 cm³/mol. The first-order valence-electron chi connectivity index (χ1n) is 4.68. The summed E-state index contributed by atoms with van der Waals surface area (Å²) in [5.74, 6) is 1.28. The molecule has 0 spiro atoms. The molecule has 2 nitrogen and oxygen atoms in total. The SMILES string of the molecule is ClCC1CC(C2CCCC2)=NO1. The predicted octanol–water partition coefficient (Wildman–Crippen LogP) is 2.56. The molecule has 1 atom stereocenters. The molecule has 0 radical (unpaired) electrons. The molecular formula is C9H14ClNO. The topological polar surface area (TPSA) is 21.6 Å². The molecule has 0 amide bonds. The van der Waals surface area contributed by atoms with E-state index in [0.29, 0.717) is 11.8 Å². The third-order valence-corrected chi connectivity index (χ3v) is 3.10. The Morgan fingerprint density at radius 1 is 1.42 bits per heavy atom. The van der Waals surface area contributed by atoms with Crippen molar-refractivity contribution < 1.29 is 4.84 Å². The molecule has 0 aromatic heterocycles. The second-order valence-corrected chi connectivity index (χ2v) is 3.96. The van der Waals surface area contributed by atoms with Crippen molar-refractivity contribution in [3.05, 3.63) is 0 Å². The third-order valence-electron chi connectivity index (χ3n) is 2.75. The van der Waals surface area contributed by atoms with Gasteiger partial charge in [0.1, 0.15) is 6.10 Å². The number of halogens is 1.